The highest BCUT2D eigenvalue weighted by Crippen LogP contribution is 2.16. The van der Waals surface area contributed by atoms with Crippen LogP contribution in [0.4, 0.5) is 0 Å². The quantitative estimate of drug-likeness (QED) is 0.314. The van der Waals surface area contributed by atoms with Gasteiger partial charge in [0.2, 0.25) is 0 Å². The predicted octanol–water partition coefficient (Wildman–Crippen LogP) is 3.04. The van der Waals surface area contributed by atoms with Gasteiger partial charge in [0, 0.05) is 23.1 Å². The van der Waals surface area contributed by atoms with Gasteiger partial charge in [-0.05, 0) is 26.9 Å². The molecule has 94 valence electrons. The zero-order valence-corrected chi connectivity index (χ0v) is 13.1. The lowest BCUT2D eigenvalue weighted by atomic mass is 10.1. The van der Waals surface area contributed by atoms with E-state index in [1.54, 1.807) is 6.92 Å². The Hall–Kier alpha value is -0.133. The van der Waals surface area contributed by atoms with Gasteiger partial charge in [-0.1, -0.05) is 22.5 Å². The minimum atomic E-state index is -1.64. The SMILES string of the molecule is C=C(C[C@H](C)O[Si](C)(C)CBr)C(=O)OCC. The Morgan fingerprint density at radius 2 is 2.06 bits per heavy atom. The van der Waals surface area contributed by atoms with Crippen LogP contribution >= 0.6 is 15.9 Å². The van der Waals surface area contributed by atoms with E-state index < -0.39 is 8.32 Å². The molecule has 1 atom stereocenters. The minimum Gasteiger partial charge on any atom is -0.463 e. The first-order valence-corrected chi connectivity index (χ1v) is 9.64. The van der Waals surface area contributed by atoms with E-state index in [1.807, 2.05) is 6.92 Å². The van der Waals surface area contributed by atoms with Crippen molar-refractivity contribution in [2.24, 2.45) is 0 Å². The average molecular weight is 309 g/mol. The van der Waals surface area contributed by atoms with E-state index in [-0.39, 0.29) is 12.1 Å². The lowest BCUT2D eigenvalue weighted by Crippen LogP contribution is -2.37. The Bertz CT molecular complexity index is 254. The summed E-state index contributed by atoms with van der Waals surface area (Å²) in [4.78, 5) is 12.2. The molecule has 0 rings (SSSR count). The van der Waals surface area contributed by atoms with Crippen molar-refractivity contribution in [1.82, 2.24) is 0 Å². The number of carbonyl (C=O) groups excluding carboxylic acids is 1. The Morgan fingerprint density at radius 3 is 2.50 bits per heavy atom. The second kappa shape index (κ2) is 7.24. The minimum absolute atomic E-state index is 0.0103. The second-order valence-electron chi connectivity index (χ2n) is 4.35. The number of hydrogen-bond donors (Lipinski definition) is 0. The smallest absolute Gasteiger partial charge is 0.333 e. The van der Waals surface area contributed by atoms with Crippen molar-refractivity contribution in [1.29, 1.82) is 0 Å². The fraction of sp³-hybridized carbons (Fsp3) is 0.727. The number of ether oxygens (including phenoxy) is 1. The van der Waals surface area contributed by atoms with E-state index in [1.165, 1.54) is 0 Å². The molecular formula is C11H21BrO3Si. The van der Waals surface area contributed by atoms with Crippen molar-refractivity contribution < 1.29 is 14.0 Å². The maximum Gasteiger partial charge on any atom is 0.333 e. The summed E-state index contributed by atoms with van der Waals surface area (Å²) in [5, 5.41) is 0. The van der Waals surface area contributed by atoms with Gasteiger partial charge in [-0.15, -0.1) is 0 Å². The maximum atomic E-state index is 11.3. The van der Waals surface area contributed by atoms with Crippen molar-refractivity contribution in [2.45, 2.75) is 39.5 Å². The van der Waals surface area contributed by atoms with Gasteiger partial charge in [-0.2, -0.15) is 0 Å². The molecule has 0 aromatic rings. The highest BCUT2D eigenvalue weighted by atomic mass is 79.9. The summed E-state index contributed by atoms with van der Waals surface area (Å²) in [5.41, 5.74) is 0.480. The number of rotatable bonds is 7. The van der Waals surface area contributed by atoms with Crippen LogP contribution in [-0.2, 0) is 14.0 Å². The molecule has 0 bridgehead atoms. The van der Waals surface area contributed by atoms with E-state index in [2.05, 4.69) is 35.6 Å². The molecule has 0 N–H and O–H groups in total. The van der Waals surface area contributed by atoms with Crippen LogP contribution in [0.15, 0.2) is 12.2 Å². The van der Waals surface area contributed by atoms with Crippen LogP contribution in [0.1, 0.15) is 20.3 Å². The van der Waals surface area contributed by atoms with E-state index in [4.69, 9.17) is 9.16 Å². The van der Waals surface area contributed by atoms with Gasteiger partial charge >= 0.3 is 5.97 Å². The monoisotopic (exact) mass is 308 g/mol. The fourth-order valence-electron chi connectivity index (χ4n) is 1.28. The first-order chi connectivity index (χ1) is 7.32. The summed E-state index contributed by atoms with van der Waals surface area (Å²) in [5.74, 6) is -0.323. The molecule has 16 heavy (non-hydrogen) atoms. The molecule has 0 aliphatic rings. The number of halogens is 1. The van der Waals surface area contributed by atoms with Gasteiger partial charge in [-0.3, -0.25) is 0 Å². The molecule has 0 fully saturated rings. The van der Waals surface area contributed by atoms with Gasteiger partial charge in [0.05, 0.1) is 6.61 Å². The zero-order valence-electron chi connectivity index (χ0n) is 10.5. The summed E-state index contributed by atoms with van der Waals surface area (Å²) in [6.45, 7) is 12.1. The highest BCUT2D eigenvalue weighted by molar-refractivity contribution is 9.09. The van der Waals surface area contributed by atoms with Crippen LogP contribution in [0.2, 0.25) is 13.1 Å². The normalized spacial score (nSPS) is 13.3. The number of esters is 1. The number of carbonyl (C=O) groups is 1. The Kier molecular flexibility index (Phi) is 7.18. The first-order valence-electron chi connectivity index (χ1n) is 5.41. The molecule has 0 spiro atoms. The van der Waals surface area contributed by atoms with E-state index in [9.17, 15) is 4.79 Å². The molecule has 0 radical (unpaired) electrons. The fourth-order valence-corrected chi connectivity index (χ4v) is 2.91. The van der Waals surface area contributed by atoms with Crippen LogP contribution in [0.3, 0.4) is 0 Å². The average Bonchev–Trinajstić information content (AvgIpc) is 2.17. The van der Waals surface area contributed by atoms with E-state index in [0.29, 0.717) is 18.6 Å². The third kappa shape index (κ3) is 6.45. The summed E-state index contributed by atoms with van der Waals surface area (Å²) in [7, 11) is -1.64. The second-order valence-corrected chi connectivity index (χ2v) is 10.1. The molecule has 0 saturated heterocycles. The van der Waals surface area contributed by atoms with Crippen molar-refractivity contribution in [3.8, 4) is 0 Å². The topological polar surface area (TPSA) is 35.5 Å². The molecule has 3 nitrogen and oxygen atoms in total. The molecule has 0 aromatic heterocycles. The molecule has 5 heteroatoms. The Balaban J connectivity index is 4.10. The molecule has 0 aromatic carbocycles. The lowest BCUT2D eigenvalue weighted by molar-refractivity contribution is -0.138. The van der Waals surface area contributed by atoms with Gasteiger partial charge < -0.3 is 9.16 Å². The van der Waals surface area contributed by atoms with Gasteiger partial charge in [0.15, 0.2) is 8.32 Å². The van der Waals surface area contributed by atoms with Gasteiger partial charge in [0.25, 0.3) is 0 Å². The lowest BCUT2D eigenvalue weighted by Gasteiger charge is -2.25. The summed E-state index contributed by atoms with van der Waals surface area (Å²) >= 11 is 3.44. The molecule has 0 amide bonds. The summed E-state index contributed by atoms with van der Waals surface area (Å²) < 4.78 is 10.8. The van der Waals surface area contributed by atoms with Crippen molar-refractivity contribution in [2.75, 3.05) is 11.6 Å². The number of alkyl halides is 1. The third-order valence-corrected chi connectivity index (χ3v) is 7.68. The van der Waals surface area contributed by atoms with E-state index in [0.717, 1.165) is 4.95 Å². The molecule has 0 heterocycles. The van der Waals surface area contributed by atoms with Gasteiger partial charge in [0.1, 0.15) is 0 Å². The Morgan fingerprint density at radius 1 is 1.50 bits per heavy atom. The summed E-state index contributed by atoms with van der Waals surface area (Å²) in [6, 6.07) is 0. The molecule has 0 aliphatic heterocycles. The molecule has 0 unspecified atom stereocenters. The van der Waals surface area contributed by atoms with Gasteiger partial charge in [-0.25, -0.2) is 4.79 Å². The van der Waals surface area contributed by atoms with Crippen molar-refractivity contribution >= 4 is 30.2 Å². The number of hydrogen-bond acceptors (Lipinski definition) is 3. The summed E-state index contributed by atoms with van der Waals surface area (Å²) in [6.07, 6.45) is 0.540. The first kappa shape index (κ1) is 15.9. The van der Waals surface area contributed by atoms with E-state index >= 15 is 0 Å². The highest BCUT2D eigenvalue weighted by Gasteiger charge is 2.24. The van der Waals surface area contributed by atoms with Crippen LogP contribution in [0.25, 0.3) is 0 Å². The molecular weight excluding hydrogens is 288 g/mol. The Labute approximate surface area is 107 Å². The van der Waals surface area contributed by atoms with Crippen LogP contribution < -0.4 is 0 Å². The predicted molar refractivity (Wildman–Crippen MR) is 72.2 cm³/mol. The maximum absolute atomic E-state index is 11.3. The van der Waals surface area contributed by atoms with Crippen molar-refractivity contribution in [3.63, 3.8) is 0 Å². The largest absolute Gasteiger partial charge is 0.463 e. The van der Waals surface area contributed by atoms with Crippen LogP contribution in [0, 0.1) is 0 Å². The van der Waals surface area contributed by atoms with Crippen LogP contribution in [-0.4, -0.2) is 32.0 Å². The zero-order chi connectivity index (χ0) is 12.8. The van der Waals surface area contributed by atoms with Crippen molar-refractivity contribution in [3.05, 3.63) is 12.2 Å². The molecule has 0 saturated carbocycles. The third-order valence-electron chi connectivity index (χ3n) is 1.94. The van der Waals surface area contributed by atoms with Crippen LogP contribution in [0.5, 0.6) is 0 Å². The molecule has 0 aliphatic carbocycles. The standard InChI is InChI=1S/C11H21BrO3Si/c1-6-14-11(13)9(2)7-10(3)15-16(4,5)8-12/h10H,2,6-8H2,1,3-5H3/t10-/m0/s1.